The number of amides is 1. The number of halogens is 3. The van der Waals surface area contributed by atoms with Gasteiger partial charge in [-0.3, -0.25) is 10.1 Å². The number of carbonyl (C=O) groups is 1. The first kappa shape index (κ1) is 18.8. The summed E-state index contributed by atoms with van der Waals surface area (Å²) >= 11 is 1.27. The van der Waals surface area contributed by atoms with Crippen molar-refractivity contribution in [1.82, 2.24) is 15.0 Å². The van der Waals surface area contributed by atoms with Crippen LogP contribution < -0.4 is 10.1 Å². The lowest BCUT2D eigenvalue weighted by atomic mass is 10.1. The van der Waals surface area contributed by atoms with Crippen molar-refractivity contribution in [2.24, 2.45) is 0 Å². The molecule has 2 aromatic heterocycles. The van der Waals surface area contributed by atoms with Gasteiger partial charge < -0.3 is 4.74 Å². The lowest BCUT2D eigenvalue weighted by molar-refractivity contribution is -0.137. The number of nitrogens with zero attached hydrogens (tertiary/aromatic N) is 3. The van der Waals surface area contributed by atoms with Crippen LogP contribution in [0, 0.1) is 6.92 Å². The number of anilines is 1. The van der Waals surface area contributed by atoms with E-state index in [1.807, 2.05) is 0 Å². The Bertz CT molecular complexity index is 928. The Morgan fingerprint density at radius 3 is 2.59 bits per heavy atom. The maximum atomic E-state index is 12.7. The van der Waals surface area contributed by atoms with Crippen LogP contribution in [0.5, 0.6) is 5.88 Å². The van der Waals surface area contributed by atoms with Crippen molar-refractivity contribution in [1.29, 1.82) is 0 Å². The van der Waals surface area contributed by atoms with Crippen LogP contribution in [0.4, 0.5) is 18.3 Å². The molecule has 1 aromatic carbocycles. The van der Waals surface area contributed by atoms with Crippen molar-refractivity contribution in [2.75, 3.05) is 11.9 Å². The summed E-state index contributed by atoms with van der Waals surface area (Å²) in [4.78, 5) is 24.1. The van der Waals surface area contributed by atoms with E-state index in [-0.39, 0.29) is 18.3 Å². The standard InChI is InChI=1S/C17H13F3N4O2S/c1-10-8-14(26-9-13(25)23-16-21-6-7-27-16)24-15(22-10)11-2-4-12(5-3-11)17(18,19)20/h2-8H,9H2,1H3,(H,21,23,25). The Morgan fingerprint density at radius 1 is 1.22 bits per heavy atom. The van der Waals surface area contributed by atoms with E-state index in [1.165, 1.54) is 29.5 Å². The summed E-state index contributed by atoms with van der Waals surface area (Å²) in [6, 6.07) is 6.03. The molecule has 0 saturated carbocycles. The van der Waals surface area contributed by atoms with E-state index >= 15 is 0 Å². The maximum Gasteiger partial charge on any atom is 0.416 e. The first-order valence-electron chi connectivity index (χ1n) is 7.67. The van der Waals surface area contributed by atoms with Gasteiger partial charge in [-0.1, -0.05) is 12.1 Å². The van der Waals surface area contributed by atoms with Gasteiger partial charge in [-0.15, -0.1) is 11.3 Å². The average Bonchev–Trinajstić information content (AvgIpc) is 3.12. The van der Waals surface area contributed by atoms with Gasteiger partial charge in [0.15, 0.2) is 17.6 Å². The number of aryl methyl sites for hydroxylation is 1. The lowest BCUT2D eigenvalue weighted by Gasteiger charge is -2.09. The van der Waals surface area contributed by atoms with Crippen LogP contribution in [-0.4, -0.2) is 27.5 Å². The highest BCUT2D eigenvalue weighted by Gasteiger charge is 2.30. The minimum Gasteiger partial charge on any atom is -0.467 e. The number of thiazole rings is 1. The monoisotopic (exact) mass is 394 g/mol. The minimum atomic E-state index is -4.41. The predicted molar refractivity (Wildman–Crippen MR) is 93.4 cm³/mol. The molecule has 1 N–H and O–H groups in total. The predicted octanol–water partition coefficient (Wildman–Crippen LogP) is 3.94. The molecule has 140 valence electrons. The maximum absolute atomic E-state index is 12.7. The summed E-state index contributed by atoms with van der Waals surface area (Å²) in [5, 5.41) is 4.74. The highest BCUT2D eigenvalue weighted by atomic mass is 32.1. The quantitative estimate of drug-likeness (QED) is 0.709. The van der Waals surface area contributed by atoms with Crippen LogP contribution in [0.3, 0.4) is 0 Å². The molecule has 0 fully saturated rings. The molecule has 0 atom stereocenters. The van der Waals surface area contributed by atoms with Crippen molar-refractivity contribution < 1.29 is 22.7 Å². The molecule has 0 unspecified atom stereocenters. The van der Waals surface area contributed by atoms with E-state index in [9.17, 15) is 18.0 Å². The summed E-state index contributed by atoms with van der Waals surface area (Å²) in [7, 11) is 0. The van der Waals surface area contributed by atoms with Gasteiger partial charge in [0.2, 0.25) is 5.88 Å². The molecule has 0 aliphatic rings. The Morgan fingerprint density at radius 2 is 1.96 bits per heavy atom. The van der Waals surface area contributed by atoms with E-state index < -0.39 is 17.6 Å². The molecule has 0 spiro atoms. The molecule has 10 heteroatoms. The third-order valence-corrected chi connectivity index (χ3v) is 4.02. The van der Waals surface area contributed by atoms with Crippen LogP contribution in [0.15, 0.2) is 41.9 Å². The second-order valence-electron chi connectivity index (χ2n) is 5.42. The zero-order valence-corrected chi connectivity index (χ0v) is 14.8. The molecule has 27 heavy (non-hydrogen) atoms. The Kier molecular flexibility index (Phi) is 5.36. The first-order chi connectivity index (χ1) is 12.8. The summed E-state index contributed by atoms with van der Waals surface area (Å²) < 4.78 is 43.4. The molecule has 0 aliphatic heterocycles. The molecule has 3 rings (SSSR count). The molecule has 0 radical (unpaired) electrons. The second-order valence-corrected chi connectivity index (χ2v) is 6.31. The number of aromatic nitrogens is 3. The SMILES string of the molecule is Cc1cc(OCC(=O)Nc2nccs2)nc(-c2ccc(C(F)(F)F)cc2)n1. The number of hydrogen-bond acceptors (Lipinski definition) is 6. The first-order valence-corrected chi connectivity index (χ1v) is 8.55. The van der Waals surface area contributed by atoms with Gasteiger partial charge in [0, 0.05) is 28.9 Å². The van der Waals surface area contributed by atoms with E-state index in [0.29, 0.717) is 16.4 Å². The summed E-state index contributed by atoms with van der Waals surface area (Å²) in [6.45, 7) is 1.40. The molecular formula is C17H13F3N4O2S. The molecule has 1 amide bonds. The van der Waals surface area contributed by atoms with Gasteiger partial charge in [-0.05, 0) is 19.1 Å². The van der Waals surface area contributed by atoms with Crippen molar-refractivity contribution in [3.63, 3.8) is 0 Å². The molecule has 0 saturated heterocycles. The number of nitrogens with one attached hydrogen (secondary N) is 1. The highest BCUT2D eigenvalue weighted by Crippen LogP contribution is 2.30. The smallest absolute Gasteiger partial charge is 0.416 e. The molecular weight excluding hydrogens is 381 g/mol. The molecule has 0 aliphatic carbocycles. The zero-order valence-electron chi connectivity index (χ0n) is 13.9. The third-order valence-electron chi connectivity index (χ3n) is 3.33. The van der Waals surface area contributed by atoms with Crippen LogP contribution in [-0.2, 0) is 11.0 Å². The van der Waals surface area contributed by atoms with Crippen LogP contribution in [0.1, 0.15) is 11.3 Å². The van der Waals surface area contributed by atoms with E-state index in [0.717, 1.165) is 12.1 Å². The average molecular weight is 394 g/mol. The Hall–Kier alpha value is -3.01. The summed E-state index contributed by atoms with van der Waals surface area (Å²) in [5.41, 5.74) is 0.202. The molecule has 3 aromatic rings. The largest absolute Gasteiger partial charge is 0.467 e. The fraction of sp³-hybridized carbons (Fsp3) is 0.176. The van der Waals surface area contributed by atoms with E-state index in [1.54, 1.807) is 18.5 Å². The molecule has 6 nitrogen and oxygen atoms in total. The van der Waals surface area contributed by atoms with Crippen LogP contribution in [0.25, 0.3) is 11.4 Å². The summed E-state index contributed by atoms with van der Waals surface area (Å²) in [6.07, 6.45) is -2.85. The molecule has 0 bridgehead atoms. The van der Waals surface area contributed by atoms with Crippen LogP contribution in [0.2, 0.25) is 0 Å². The number of benzene rings is 1. The van der Waals surface area contributed by atoms with Gasteiger partial charge in [0.05, 0.1) is 5.56 Å². The van der Waals surface area contributed by atoms with E-state index in [4.69, 9.17) is 4.74 Å². The minimum absolute atomic E-state index is 0.145. The van der Waals surface area contributed by atoms with Crippen molar-refractivity contribution in [2.45, 2.75) is 13.1 Å². The van der Waals surface area contributed by atoms with Gasteiger partial charge in [-0.2, -0.15) is 18.2 Å². The highest BCUT2D eigenvalue weighted by molar-refractivity contribution is 7.13. The Labute approximate surface area is 156 Å². The number of rotatable bonds is 5. The molecule has 2 heterocycles. The second kappa shape index (κ2) is 7.70. The number of carbonyl (C=O) groups excluding carboxylic acids is 1. The van der Waals surface area contributed by atoms with Crippen molar-refractivity contribution in [3.05, 3.63) is 53.2 Å². The number of ether oxygens (including phenoxy) is 1. The third kappa shape index (κ3) is 5.00. The fourth-order valence-corrected chi connectivity index (χ4v) is 2.68. The van der Waals surface area contributed by atoms with Crippen molar-refractivity contribution >= 4 is 22.4 Å². The summed E-state index contributed by atoms with van der Waals surface area (Å²) in [5.74, 6) is -0.0527. The lowest BCUT2D eigenvalue weighted by Crippen LogP contribution is -2.20. The number of hydrogen-bond donors (Lipinski definition) is 1. The topological polar surface area (TPSA) is 77.0 Å². The van der Waals surface area contributed by atoms with Gasteiger partial charge in [0.25, 0.3) is 5.91 Å². The Balaban J connectivity index is 1.71. The zero-order chi connectivity index (χ0) is 19.4. The van der Waals surface area contributed by atoms with E-state index in [2.05, 4.69) is 20.3 Å². The van der Waals surface area contributed by atoms with Gasteiger partial charge in [0.1, 0.15) is 0 Å². The van der Waals surface area contributed by atoms with Crippen molar-refractivity contribution in [3.8, 4) is 17.3 Å². The fourth-order valence-electron chi connectivity index (χ4n) is 2.13. The normalized spacial score (nSPS) is 11.3. The van der Waals surface area contributed by atoms with Crippen LogP contribution >= 0.6 is 11.3 Å². The van der Waals surface area contributed by atoms with Gasteiger partial charge >= 0.3 is 6.18 Å². The number of alkyl halides is 3. The van der Waals surface area contributed by atoms with Gasteiger partial charge in [-0.25, -0.2) is 9.97 Å².